The first-order chi connectivity index (χ1) is 8.40. The van der Waals surface area contributed by atoms with Gasteiger partial charge in [-0.25, -0.2) is 4.98 Å². The summed E-state index contributed by atoms with van der Waals surface area (Å²) in [5, 5.41) is 3.23. The first kappa shape index (κ1) is 12.5. The van der Waals surface area contributed by atoms with Crippen LogP contribution < -0.4 is 5.32 Å². The molecular formula is C12H22N4O. The van der Waals surface area contributed by atoms with E-state index in [1.54, 1.807) is 0 Å². The predicted octanol–water partition coefficient (Wildman–Crippen LogP) is 0.193. The van der Waals surface area contributed by atoms with Crippen molar-refractivity contribution in [3.8, 4) is 0 Å². The molecule has 1 unspecified atom stereocenters. The number of ether oxygens (including phenoxy) is 1. The van der Waals surface area contributed by atoms with Crippen LogP contribution in [0.2, 0.25) is 0 Å². The molecule has 1 aliphatic rings. The number of imidazole rings is 1. The lowest BCUT2D eigenvalue weighted by molar-refractivity contribution is -0.00699. The Bertz CT molecular complexity index is 299. The van der Waals surface area contributed by atoms with Crippen molar-refractivity contribution in [3.05, 3.63) is 18.7 Å². The van der Waals surface area contributed by atoms with Crippen molar-refractivity contribution < 1.29 is 4.74 Å². The Morgan fingerprint density at radius 2 is 2.41 bits per heavy atom. The van der Waals surface area contributed by atoms with E-state index in [0.29, 0.717) is 6.04 Å². The molecule has 1 aromatic rings. The maximum Gasteiger partial charge on any atom is 0.0945 e. The Hall–Kier alpha value is -0.910. The van der Waals surface area contributed by atoms with Crippen molar-refractivity contribution >= 4 is 0 Å². The van der Waals surface area contributed by atoms with E-state index in [4.69, 9.17) is 4.74 Å². The molecule has 0 bridgehead atoms. The minimum Gasteiger partial charge on any atom is -0.378 e. The number of nitrogens with zero attached hydrogens (tertiary/aromatic N) is 3. The standard InChI is InChI=1S/C12H22N4O/c1-13-9-12-10-17-8-7-16(12)5-2-4-15-6-3-14-11-15/h3,6,11-13H,2,4-5,7-10H2,1H3. The zero-order valence-electron chi connectivity index (χ0n) is 10.5. The molecule has 17 heavy (non-hydrogen) atoms. The molecule has 1 N–H and O–H groups in total. The molecule has 0 radical (unpaired) electrons. The number of likely N-dealkylation sites (N-methyl/N-ethyl adjacent to an activating group) is 1. The first-order valence-electron chi connectivity index (χ1n) is 6.32. The molecule has 96 valence electrons. The van der Waals surface area contributed by atoms with E-state index in [1.165, 1.54) is 0 Å². The van der Waals surface area contributed by atoms with Crippen LogP contribution in [0.5, 0.6) is 0 Å². The fraction of sp³-hybridized carbons (Fsp3) is 0.750. The van der Waals surface area contributed by atoms with Crippen molar-refractivity contribution in [2.45, 2.75) is 19.0 Å². The van der Waals surface area contributed by atoms with Crippen molar-refractivity contribution in [2.75, 3.05) is 39.9 Å². The van der Waals surface area contributed by atoms with E-state index in [2.05, 4.69) is 19.8 Å². The summed E-state index contributed by atoms with van der Waals surface area (Å²) in [6, 6.07) is 0.525. The van der Waals surface area contributed by atoms with E-state index in [0.717, 1.165) is 45.8 Å². The largest absolute Gasteiger partial charge is 0.378 e. The van der Waals surface area contributed by atoms with E-state index < -0.39 is 0 Å². The molecule has 0 amide bonds. The Morgan fingerprint density at radius 3 is 3.18 bits per heavy atom. The molecule has 2 heterocycles. The quantitative estimate of drug-likeness (QED) is 0.768. The van der Waals surface area contributed by atoms with Crippen LogP contribution in [0.15, 0.2) is 18.7 Å². The monoisotopic (exact) mass is 238 g/mol. The summed E-state index contributed by atoms with van der Waals surface area (Å²) in [5.41, 5.74) is 0. The molecule has 1 saturated heterocycles. The van der Waals surface area contributed by atoms with Gasteiger partial charge < -0.3 is 14.6 Å². The van der Waals surface area contributed by atoms with Crippen LogP contribution in [-0.2, 0) is 11.3 Å². The Kier molecular flexibility index (Phi) is 4.97. The average Bonchev–Trinajstić information content (AvgIpc) is 2.85. The van der Waals surface area contributed by atoms with Gasteiger partial charge in [0.25, 0.3) is 0 Å². The molecule has 1 aromatic heterocycles. The van der Waals surface area contributed by atoms with E-state index in [-0.39, 0.29) is 0 Å². The van der Waals surface area contributed by atoms with E-state index >= 15 is 0 Å². The highest BCUT2D eigenvalue weighted by Crippen LogP contribution is 2.07. The number of aryl methyl sites for hydroxylation is 1. The molecule has 0 aromatic carbocycles. The molecule has 0 spiro atoms. The van der Waals surface area contributed by atoms with Crippen molar-refractivity contribution in [1.82, 2.24) is 19.8 Å². The maximum absolute atomic E-state index is 5.52. The second kappa shape index (κ2) is 6.74. The van der Waals surface area contributed by atoms with Gasteiger partial charge in [-0.2, -0.15) is 0 Å². The third-order valence-electron chi connectivity index (χ3n) is 3.21. The Morgan fingerprint density at radius 1 is 1.47 bits per heavy atom. The Labute approximate surface area is 103 Å². The molecular weight excluding hydrogens is 216 g/mol. The average molecular weight is 238 g/mol. The Balaban J connectivity index is 1.72. The fourth-order valence-corrected chi connectivity index (χ4v) is 2.28. The third kappa shape index (κ3) is 3.80. The highest BCUT2D eigenvalue weighted by atomic mass is 16.5. The number of hydrogen-bond donors (Lipinski definition) is 1. The van der Waals surface area contributed by atoms with Crippen molar-refractivity contribution in [2.24, 2.45) is 0 Å². The summed E-state index contributed by atoms with van der Waals surface area (Å²) in [6.07, 6.45) is 6.89. The van der Waals surface area contributed by atoms with Gasteiger partial charge in [0.15, 0.2) is 0 Å². The molecule has 5 heteroatoms. The molecule has 1 atom stereocenters. The molecule has 5 nitrogen and oxygen atoms in total. The van der Waals surface area contributed by atoms with Gasteiger partial charge in [-0.1, -0.05) is 0 Å². The topological polar surface area (TPSA) is 42.3 Å². The van der Waals surface area contributed by atoms with Crippen LogP contribution in [0.3, 0.4) is 0 Å². The second-order valence-electron chi connectivity index (χ2n) is 4.48. The highest BCUT2D eigenvalue weighted by molar-refractivity contribution is 4.78. The smallest absolute Gasteiger partial charge is 0.0945 e. The van der Waals surface area contributed by atoms with Crippen LogP contribution in [0.1, 0.15) is 6.42 Å². The maximum atomic E-state index is 5.52. The molecule has 0 saturated carbocycles. The van der Waals surface area contributed by atoms with Gasteiger partial charge in [-0.15, -0.1) is 0 Å². The van der Waals surface area contributed by atoms with Gasteiger partial charge in [-0.05, 0) is 13.5 Å². The number of rotatable bonds is 6. The summed E-state index contributed by atoms with van der Waals surface area (Å²) in [6.45, 7) is 5.95. The SMILES string of the molecule is CNCC1COCCN1CCCn1ccnc1. The zero-order valence-corrected chi connectivity index (χ0v) is 10.5. The van der Waals surface area contributed by atoms with Gasteiger partial charge in [0.05, 0.1) is 19.5 Å². The summed E-state index contributed by atoms with van der Waals surface area (Å²) in [7, 11) is 2.00. The minimum absolute atomic E-state index is 0.525. The fourth-order valence-electron chi connectivity index (χ4n) is 2.28. The second-order valence-corrected chi connectivity index (χ2v) is 4.48. The minimum atomic E-state index is 0.525. The number of hydrogen-bond acceptors (Lipinski definition) is 4. The number of aromatic nitrogens is 2. The van der Waals surface area contributed by atoms with Gasteiger partial charge in [0, 0.05) is 44.6 Å². The van der Waals surface area contributed by atoms with Gasteiger partial charge in [-0.3, -0.25) is 4.90 Å². The summed E-state index contributed by atoms with van der Waals surface area (Å²) < 4.78 is 7.65. The zero-order chi connectivity index (χ0) is 11.9. The highest BCUT2D eigenvalue weighted by Gasteiger charge is 2.21. The lowest BCUT2D eigenvalue weighted by Gasteiger charge is -2.35. The van der Waals surface area contributed by atoms with Gasteiger partial charge in [0.2, 0.25) is 0 Å². The normalized spacial score (nSPS) is 21.8. The number of nitrogens with one attached hydrogen (secondary N) is 1. The van der Waals surface area contributed by atoms with E-state index in [1.807, 2.05) is 25.8 Å². The van der Waals surface area contributed by atoms with E-state index in [9.17, 15) is 0 Å². The van der Waals surface area contributed by atoms with Crippen molar-refractivity contribution in [1.29, 1.82) is 0 Å². The predicted molar refractivity (Wildman–Crippen MR) is 67.0 cm³/mol. The van der Waals surface area contributed by atoms with Crippen LogP contribution in [0, 0.1) is 0 Å². The molecule has 1 aliphatic heterocycles. The third-order valence-corrected chi connectivity index (χ3v) is 3.21. The molecule has 1 fully saturated rings. The van der Waals surface area contributed by atoms with Gasteiger partial charge >= 0.3 is 0 Å². The first-order valence-corrected chi connectivity index (χ1v) is 6.32. The summed E-state index contributed by atoms with van der Waals surface area (Å²) in [4.78, 5) is 6.58. The van der Waals surface area contributed by atoms with Crippen LogP contribution in [0.4, 0.5) is 0 Å². The van der Waals surface area contributed by atoms with Crippen LogP contribution in [-0.4, -0.2) is 60.4 Å². The lowest BCUT2D eigenvalue weighted by Crippen LogP contribution is -2.50. The van der Waals surface area contributed by atoms with Crippen molar-refractivity contribution in [3.63, 3.8) is 0 Å². The summed E-state index contributed by atoms with van der Waals surface area (Å²) >= 11 is 0. The molecule has 2 rings (SSSR count). The molecule has 0 aliphatic carbocycles. The van der Waals surface area contributed by atoms with Crippen LogP contribution >= 0.6 is 0 Å². The lowest BCUT2D eigenvalue weighted by atomic mass is 10.2. The van der Waals surface area contributed by atoms with Crippen LogP contribution in [0.25, 0.3) is 0 Å². The summed E-state index contributed by atoms with van der Waals surface area (Å²) in [5.74, 6) is 0. The van der Waals surface area contributed by atoms with Gasteiger partial charge in [0.1, 0.15) is 0 Å². The number of morpholine rings is 1.